The fourth-order valence-electron chi connectivity index (χ4n) is 3.09. The fraction of sp³-hybridized carbons (Fsp3) is 0.786. The van der Waals surface area contributed by atoms with Gasteiger partial charge >= 0.3 is 12.0 Å². The van der Waals surface area contributed by atoms with Crippen LogP contribution in [0.15, 0.2) is 0 Å². The summed E-state index contributed by atoms with van der Waals surface area (Å²) in [7, 11) is 1.73. The van der Waals surface area contributed by atoms with Gasteiger partial charge in [0.25, 0.3) is 0 Å². The number of carboxylic acid groups (broad SMARTS) is 1. The van der Waals surface area contributed by atoms with Crippen molar-refractivity contribution in [3.8, 4) is 0 Å². The van der Waals surface area contributed by atoms with Gasteiger partial charge in [-0.25, -0.2) is 4.79 Å². The Hall–Kier alpha value is -1.79. The van der Waals surface area contributed by atoms with Gasteiger partial charge in [0, 0.05) is 32.1 Å². The smallest absolute Gasteiger partial charge is 0.315 e. The molecule has 0 aromatic heterocycles. The second-order valence-electron chi connectivity index (χ2n) is 6.03. The third-order valence-electron chi connectivity index (χ3n) is 4.32. The van der Waals surface area contributed by atoms with Gasteiger partial charge in [-0.2, -0.15) is 0 Å². The minimum atomic E-state index is -0.783. The first-order chi connectivity index (χ1) is 9.95. The highest BCUT2D eigenvalue weighted by molar-refractivity contribution is 5.78. The van der Waals surface area contributed by atoms with Crippen molar-refractivity contribution in [1.29, 1.82) is 0 Å². The highest BCUT2D eigenvalue weighted by Crippen LogP contribution is 2.24. The molecule has 3 atom stereocenters. The van der Waals surface area contributed by atoms with Crippen molar-refractivity contribution in [2.45, 2.75) is 50.6 Å². The molecule has 0 bridgehead atoms. The van der Waals surface area contributed by atoms with Gasteiger partial charge < -0.3 is 20.6 Å². The summed E-state index contributed by atoms with van der Waals surface area (Å²) in [4.78, 5) is 36.0. The Balaban J connectivity index is 1.76. The van der Waals surface area contributed by atoms with E-state index in [1.54, 1.807) is 11.9 Å². The van der Waals surface area contributed by atoms with Crippen LogP contribution in [0.2, 0.25) is 0 Å². The van der Waals surface area contributed by atoms with Crippen LogP contribution < -0.4 is 10.6 Å². The molecular formula is C14H23N3O4. The summed E-state index contributed by atoms with van der Waals surface area (Å²) in [5, 5.41) is 14.8. The third kappa shape index (κ3) is 4.34. The van der Waals surface area contributed by atoms with Gasteiger partial charge in [-0.15, -0.1) is 0 Å². The highest BCUT2D eigenvalue weighted by Gasteiger charge is 2.29. The summed E-state index contributed by atoms with van der Waals surface area (Å²) >= 11 is 0. The van der Waals surface area contributed by atoms with Crippen LogP contribution in [0.25, 0.3) is 0 Å². The maximum Gasteiger partial charge on any atom is 0.315 e. The van der Waals surface area contributed by atoms with Crippen molar-refractivity contribution in [1.82, 2.24) is 15.5 Å². The standard InChI is InChI=1S/C14H23N3O4/c1-17-8-11(5-6-12(17)18)16-14(21)15-10-4-2-3-9(7-10)13(19)20/h9-11H,2-8H2,1H3,(H,19,20)(H2,15,16,21). The molecule has 3 amide bonds. The number of rotatable bonds is 3. The maximum atomic E-state index is 12.0. The van der Waals surface area contributed by atoms with E-state index in [1.165, 1.54) is 0 Å². The van der Waals surface area contributed by atoms with Crippen LogP contribution >= 0.6 is 0 Å². The summed E-state index contributed by atoms with van der Waals surface area (Å²) in [6.45, 7) is 0.522. The van der Waals surface area contributed by atoms with Crippen LogP contribution in [-0.4, -0.2) is 53.6 Å². The van der Waals surface area contributed by atoms with Crippen LogP contribution in [0, 0.1) is 5.92 Å². The first-order valence-electron chi connectivity index (χ1n) is 7.49. The largest absolute Gasteiger partial charge is 0.481 e. The zero-order valence-electron chi connectivity index (χ0n) is 12.3. The number of aliphatic carboxylic acids is 1. The lowest BCUT2D eigenvalue weighted by Crippen LogP contribution is -2.53. The first kappa shape index (κ1) is 15.6. The molecule has 0 radical (unpaired) electrons. The summed E-state index contributed by atoms with van der Waals surface area (Å²) in [6.07, 6.45) is 3.92. The molecule has 1 saturated heterocycles. The van der Waals surface area contributed by atoms with Crippen molar-refractivity contribution in [3.63, 3.8) is 0 Å². The Labute approximate surface area is 124 Å². The Morgan fingerprint density at radius 1 is 1.19 bits per heavy atom. The van der Waals surface area contributed by atoms with Crippen molar-refractivity contribution >= 4 is 17.9 Å². The molecular weight excluding hydrogens is 274 g/mol. The molecule has 1 saturated carbocycles. The maximum absolute atomic E-state index is 12.0. The van der Waals surface area contributed by atoms with E-state index < -0.39 is 5.97 Å². The molecule has 3 N–H and O–H groups in total. The molecule has 0 aromatic rings. The van der Waals surface area contributed by atoms with E-state index in [0.717, 1.165) is 12.8 Å². The molecule has 118 valence electrons. The molecule has 2 rings (SSSR count). The number of urea groups is 1. The zero-order valence-corrected chi connectivity index (χ0v) is 12.3. The van der Waals surface area contributed by atoms with Gasteiger partial charge in [-0.1, -0.05) is 6.42 Å². The number of carboxylic acids is 1. The van der Waals surface area contributed by atoms with E-state index in [2.05, 4.69) is 10.6 Å². The fourth-order valence-corrected chi connectivity index (χ4v) is 3.09. The van der Waals surface area contributed by atoms with E-state index in [0.29, 0.717) is 32.2 Å². The van der Waals surface area contributed by atoms with E-state index in [1.807, 2.05) is 0 Å². The van der Waals surface area contributed by atoms with Gasteiger partial charge in [-0.05, 0) is 25.7 Å². The van der Waals surface area contributed by atoms with Crippen LogP contribution in [0.3, 0.4) is 0 Å². The normalized spacial score (nSPS) is 29.9. The number of amides is 3. The van der Waals surface area contributed by atoms with Crippen LogP contribution in [0.1, 0.15) is 38.5 Å². The minimum Gasteiger partial charge on any atom is -0.481 e. The molecule has 1 aliphatic carbocycles. The number of likely N-dealkylation sites (tertiary alicyclic amines) is 1. The third-order valence-corrected chi connectivity index (χ3v) is 4.32. The van der Waals surface area contributed by atoms with Crippen LogP contribution in [-0.2, 0) is 9.59 Å². The van der Waals surface area contributed by atoms with Gasteiger partial charge in [0.2, 0.25) is 5.91 Å². The molecule has 7 nitrogen and oxygen atoms in total. The Kier molecular flexibility index (Phi) is 5.03. The zero-order chi connectivity index (χ0) is 15.4. The second-order valence-corrected chi connectivity index (χ2v) is 6.03. The van der Waals surface area contributed by atoms with Gasteiger partial charge in [0.05, 0.1) is 5.92 Å². The molecule has 2 fully saturated rings. The molecule has 1 aliphatic heterocycles. The average molecular weight is 297 g/mol. The van der Waals surface area contributed by atoms with Gasteiger partial charge in [0.15, 0.2) is 0 Å². The Morgan fingerprint density at radius 3 is 2.57 bits per heavy atom. The van der Waals surface area contributed by atoms with E-state index in [-0.39, 0.29) is 29.9 Å². The average Bonchev–Trinajstić information content (AvgIpc) is 2.43. The summed E-state index contributed by atoms with van der Waals surface area (Å²) in [5.41, 5.74) is 0. The molecule has 21 heavy (non-hydrogen) atoms. The SMILES string of the molecule is CN1CC(NC(=O)NC2CCCC(C(=O)O)C2)CCC1=O. The van der Waals surface area contributed by atoms with E-state index in [4.69, 9.17) is 5.11 Å². The Morgan fingerprint density at radius 2 is 1.90 bits per heavy atom. The molecule has 1 heterocycles. The van der Waals surface area contributed by atoms with Crippen LogP contribution in [0.5, 0.6) is 0 Å². The van der Waals surface area contributed by atoms with Crippen LogP contribution in [0.4, 0.5) is 4.79 Å². The molecule has 0 aromatic carbocycles. The highest BCUT2D eigenvalue weighted by atomic mass is 16.4. The van der Waals surface area contributed by atoms with Crippen molar-refractivity contribution in [2.75, 3.05) is 13.6 Å². The quantitative estimate of drug-likeness (QED) is 0.708. The molecule has 3 unspecified atom stereocenters. The number of hydrogen-bond acceptors (Lipinski definition) is 3. The van der Waals surface area contributed by atoms with Gasteiger partial charge in [-0.3, -0.25) is 9.59 Å². The lowest BCUT2D eigenvalue weighted by Gasteiger charge is -2.32. The van der Waals surface area contributed by atoms with Gasteiger partial charge in [0.1, 0.15) is 0 Å². The predicted octanol–water partition coefficient (Wildman–Crippen LogP) is 0.550. The summed E-state index contributed by atoms with van der Waals surface area (Å²) in [5.74, 6) is -1.04. The monoisotopic (exact) mass is 297 g/mol. The summed E-state index contributed by atoms with van der Waals surface area (Å²) in [6, 6.07) is -0.381. The second kappa shape index (κ2) is 6.78. The minimum absolute atomic E-state index is 0.0356. The van der Waals surface area contributed by atoms with Crippen molar-refractivity contribution in [2.24, 2.45) is 5.92 Å². The number of piperidine rings is 1. The van der Waals surface area contributed by atoms with E-state index in [9.17, 15) is 14.4 Å². The molecule has 2 aliphatic rings. The number of carbonyl (C=O) groups excluding carboxylic acids is 2. The number of hydrogen-bond donors (Lipinski definition) is 3. The lowest BCUT2D eigenvalue weighted by atomic mass is 9.86. The lowest BCUT2D eigenvalue weighted by molar-refractivity contribution is -0.143. The van der Waals surface area contributed by atoms with E-state index >= 15 is 0 Å². The molecule has 7 heteroatoms. The number of nitrogens with one attached hydrogen (secondary N) is 2. The predicted molar refractivity (Wildman–Crippen MR) is 75.7 cm³/mol. The number of likely N-dealkylation sites (N-methyl/N-ethyl adjacent to an activating group) is 1. The van der Waals surface area contributed by atoms with Crippen molar-refractivity contribution < 1.29 is 19.5 Å². The topological polar surface area (TPSA) is 98.7 Å². The van der Waals surface area contributed by atoms with Crippen molar-refractivity contribution in [3.05, 3.63) is 0 Å². The summed E-state index contributed by atoms with van der Waals surface area (Å²) < 4.78 is 0. The number of nitrogens with zero attached hydrogens (tertiary/aromatic N) is 1. The first-order valence-corrected chi connectivity index (χ1v) is 7.49. The Bertz CT molecular complexity index is 426. The molecule has 0 spiro atoms. The number of carbonyl (C=O) groups is 3.